The van der Waals surface area contributed by atoms with Crippen molar-refractivity contribution in [1.82, 2.24) is 24.6 Å². The van der Waals surface area contributed by atoms with Gasteiger partial charge in [0.2, 0.25) is 5.95 Å². The SMILES string of the molecule is Cc1c(/C=C/CN2CCN(c3cc(F)cc(F)c3)C[C@H]2C)cnn1-c1cc(N2CC(O)C2)nc(N)n1.Cl. The molecule has 2 saturated heterocycles. The number of hydrogen-bond acceptors (Lipinski definition) is 8. The Hall–Kier alpha value is -3.28. The van der Waals surface area contributed by atoms with Crippen LogP contribution in [-0.4, -0.2) is 81.2 Å². The third kappa shape index (κ3) is 5.84. The van der Waals surface area contributed by atoms with Gasteiger partial charge in [-0.05, 0) is 26.0 Å². The molecule has 0 unspecified atom stereocenters. The Kier molecular flexibility index (Phi) is 7.96. The van der Waals surface area contributed by atoms with Crippen LogP contribution in [-0.2, 0) is 0 Å². The zero-order valence-corrected chi connectivity index (χ0v) is 21.6. The molecule has 5 rings (SSSR count). The Morgan fingerprint density at radius 3 is 2.41 bits per heavy atom. The molecule has 198 valence electrons. The van der Waals surface area contributed by atoms with E-state index in [1.54, 1.807) is 10.9 Å². The van der Waals surface area contributed by atoms with Gasteiger partial charge in [-0.25, -0.2) is 13.5 Å². The van der Waals surface area contributed by atoms with Crippen molar-refractivity contribution >= 4 is 35.9 Å². The summed E-state index contributed by atoms with van der Waals surface area (Å²) in [6.07, 6.45) is 5.58. The van der Waals surface area contributed by atoms with E-state index < -0.39 is 11.6 Å². The third-order valence-electron chi connectivity index (χ3n) is 6.78. The van der Waals surface area contributed by atoms with Crippen LogP contribution in [0.3, 0.4) is 0 Å². The molecule has 0 radical (unpaired) electrons. The number of β-amino-alcohol motifs (C(OH)–C–C–N with tert-alkyl or cyclic N) is 1. The Bertz CT molecular complexity index is 1260. The van der Waals surface area contributed by atoms with Gasteiger partial charge in [0.05, 0.1) is 18.0 Å². The lowest BCUT2D eigenvalue weighted by Crippen LogP contribution is -2.51. The zero-order chi connectivity index (χ0) is 25.4. The number of anilines is 3. The van der Waals surface area contributed by atoms with Crippen LogP contribution in [0.2, 0.25) is 0 Å². The van der Waals surface area contributed by atoms with Crippen LogP contribution in [0.5, 0.6) is 0 Å². The summed E-state index contributed by atoms with van der Waals surface area (Å²) in [6, 6.07) is 5.70. The second-order valence-electron chi connectivity index (χ2n) is 9.42. The number of nitrogens with two attached hydrogens (primary N) is 1. The molecule has 2 aliphatic rings. The Labute approximate surface area is 220 Å². The quantitative estimate of drug-likeness (QED) is 0.500. The number of nitrogens with zero attached hydrogens (tertiary/aromatic N) is 7. The van der Waals surface area contributed by atoms with Crippen molar-refractivity contribution in [2.75, 3.05) is 54.8 Å². The molecule has 3 aromatic rings. The second-order valence-corrected chi connectivity index (χ2v) is 9.42. The average Bonchev–Trinajstić information content (AvgIpc) is 3.17. The molecule has 1 atom stereocenters. The highest BCUT2D eigenvalue weighted by molar-refractivity contribution is 5.85. The number of aliphatic hydroxyl groups is 1. The summed E-state index contributed by atoms with van der Waals surface area (Å²) >= 11 is 0. The molecule has 0 saturated carbocycles. The van der Waals surface area contributed by atoms with Gasteiger partial charge in [-0.15, -0.1) is 12.4 Å². The largest absolute Gasteiger partial charge is 0.389 e. The van der Waals surface area contributed by atoms with Crippen molar-refractivity contribution in [3.63, 3.8) is 0 Å². The van der Waals surface area contributed by atoms with Gasteiger partial charge in [-0.2, -0.15) is 15.1 Å². The number of piperazine rings is 1. The summed E-state index contributed by atoms with van der Waals surface area (Å²) < 4.78 is 29.0. The molecule has 2 fully saturated rings. The number of benzene rings is 1. The predicted octanol–water partition coefficient (Wildman–Crippen LogP) is 2.66. The maximum Gasteiger partial charge on any atom is 0.224 e. The predicted molar refractivity (Wildman–Crippen MR) is 142 cm³/mol. The van der Waals surface area contributed by atoms with Crippen LogP contribution in [0.4, 0.5) is 26.2 Å². The number of nitrogen functional groups attached to an aromatic ring is 1. The number of hydrogen-bond donors (Lipinski definition) is 2. The van der Waals surface area contributed by atoms with Crippen molar-refractivity contribution in [2.45, 2.75) is 26.0 Å². The minimum atomic E-state index is -0.556. The number of aromatic nitrogens is 4. The summed E-state index contributed by atoms with van der Waals surface area (Å²) in [6.45, 7) is 8.06. The fraction of sp³-hybridized carbons (Fsp3) is 0.400. The van der Waals surface area contributed by atoms with Crippen LogP contribution in [0.1, 0.15) is 18.2 Å². The van der Waals surface area contributed by atoms with Gasteiger partial charge in [0, 0.05) is 68.7 Å². The summed E-state index contributed by atoms with van der Waals surface area (Å²) in [5, 5.41) is 14.1. The first-order chi connectivity index (χ1) is 17.3. The van der Waals surface area contributed by atoms with E-state index in [1.807, 2.05) is 28.9 Å². The normalized spacial score (nSPS) is 18.8. The molecule has 1 aromatic carbocycles. The minimum Gasteiger partial charge on any atom is -0.389 e. The maximum absolute atomic E-state index is 13.6. The Balaban J connectivity index is 0.00000320. The lowest BCUT2D eigenvalue weighted by Gasteiger charge is -2.40. The molecule has 0 bridgehead atoms. The van der Waals surface area contributed by atoms with Gasteiger partial charge >= 0.3 is 0 Å². The van der Waals surface area contributed by atoms with E-state index >= 15 is 0 Å². The lowest BCUT2D eigenvalue weighted by atomic mass is 10.1. The molecule has 2 aliphatic heterocycles. The minimum absolute atomic E-state index is 0. The molecule has 2 aromatic heterocycles. The molecule has 12 heteroatoms. The Morgan fingerprint density at radius 1 is 1.03 bits per heavy atom. The molecule has 0 amide bonds. The van der Waals surface area contributed by atoms with Crippen molar-refractivity contribution in [2.24, 2.45) is 0 Å². The summed E-state index contributed by atoms with van der Waals surface area (Å²) in [5.41, 5.74) is 8.40. The second kappa shape index (κ2) is 11.0. The molecular weight excluding hydrogens is 502 g/mol. The lowest BCUT2D eigenvalue weighted by molar-refractivity contribution is 0.141. The monoisotopic (exact) mass is 532 g/mol. The first-order valence-corrected chi connectivity index (χ1v) is 12.0. The van der Waals surface area contributed by atoms with Crippen LogP contribution in [0.25, 0.3) is 11.9 Å². The van der Waals surface area contributed by atoms with E-state index in [1.165, 1.54) is 12.1 Å². The fourth-order valence-electron chi connectivity index (χ4n) is 4.71. The molecule has 37 heavy (non-hydrogen) atoms. The molecule has 0 spiro atoms. The van der Waals surface area contributed by atoms with Crippen LogP contribution in [0, 0.1) is 18.6 Å². The molecular formula is C25H31ClF2N8O. The highest BCUT2D eigenvalue weighted by Crippen LogP contribution is 2.24. The van der Waals surface area contributed by atoms with Crippen LogP contribution >= 0.6 is 12.4 Å². The van der Waals surface area contributed by atoms with Gasteiger partial charge in [0.15, 0.2) is 5.82 Å². The highest BCUT2D eigenvalue weighted by Gasteiger charge is 2.27. The van der Waals surface area contributed by atoms with E-state index in [9.17, 15) is 13.9 Å². The summed E-state index contributed by atoms with van der Waals surface area (Å²) in [4.78, 5) is 14.9. The smallest absolute Gasteiger partial charge is 0.224 e. The first-order valence-electron chi connectivity index (χ1n) is 12.0. The van der Waals surface area contributed by atoms with Gasteiger partial charge < -0.3 is 20.6 Å². The highest BCUT2D eigenvalue weighted by atomic mass is 35.5. The molecule has 3 N–H and O–H groups in total. The van der Waals surface area contributed by atoms with E-state index in [-0.39, 0.29) is 30.5 Å². The average molecular weight is 533 g/mol. The Morgan fingerprint density at radius 2 is 1.73 bits per heavy atom. The van der Waals surface area contributed by atoms with Crippen molar-refractivity contribution in [1.29, 1.82) is 0 Å². The zero-order valence-electron chi connectivity index (χ0n) is 20.8. The van der Waals surface area contributed by atoms with Gasteiger partial charge in [-0.3, -0.25) is 4.90 Å². The van der Waals surface area contributed by atoms with E-state index in [0.717, 1.165) is 30.4 Å². The van der Waals surface area contributed by atoms with Gasteiger partial charge in [-0.1, -0.05) is 12.2 Å². The van der Waals surface area contributed by atoms with Crippen LogP contribution in [0.15, 0.2) is 36.5 Å². The van der Waals surface area contributed by atoms with E-state index in [0.29, 0.717) is 43.5 Å². The number of halogens is 3. The summed E-state index contributed by atoms with van der Waals surface area (Å²) in [5.74, 6) is 0.293. The van der Waals surface area contributed by atoms with Gasteiger partial charge in [0.1, 0.15) is 17.5 Å². The van der Waals surface area contributed by atoms with Gasteiger partial charge in [0.25, 0.3) is 0 Å². The fourth-order valence-corrected chi connectivity index (χ4v) is 4.71. The van der Waals surface area contributed by atoms with Crippen molar-refractivity contribution in [3.05, 3.63) is 59.4 Å². The maximum atomic E-state index is 13.6. The molecule has 0 aliphatic carbocycles. The summed E-state index contributed by atoms with van der Waals surface area (Å²) in [7, 11) is 0. The van der Waals surface area contributed by atoms with Crippen molar-refractivity contribution < 1.29 is 13.9 Å². The molecule has 4 heterocycles. The van der Waals surface area contributed by atoms with E-state index in [4.69, 9.17) is 5.73 Å². The van der Waals surface area contributed by atoms with Crippen LogP contribution < -0.4 is 15.5 Å². The topological polar surface area (TPSA) is 99.6 Å². The number of aliphatic hydroxyl groups excluding tert-OH is 1. The number of rotatable bonds is 6. The standard InChI is InChI=1S/C25H30F2N8O.ClH/c1-16-13-33(21-9-19(26)8-20(27)10-21)7-6-32(16)5-3-4-18-12-29-35(17(18)2)24-11-23(30-25(28)31-24)34-14-22(36)15-34;/h3-4,8-12,16,22,36H,5-7,13-15H2,1-2H3,(H2,28,30,31);1H/b4-3+;/t16-;/m1./s1. The van der Waals surface area contributed by atoms with Crippen molar-refractivity contribution in [3.8, 4) is 5.82 Å². The first kappa shape index (κ1) is 26.8. The molecule has 9 nitrogen and oxygen atoms in total. The third-order valence-corrected chi connectivity index (χ3v) is 6.78. The van der Waals surface area contributed by atoms with E-state index in [2.05, 4.69) is 33.0 Å².